The molecule has 2 nitrogen and oxygen atoms in total. The van der Waals surface area contributed by atoms with Crippen molar-refractivity contribution in [2.24, 2.45) is 0 Å². The van der Waals surface area contributed by atoms with E-state index in [1.54, 1.807) is 6.26 Å². The zero-order valence-electron chi connectivity index (χ0n) is 10.7. The van der Waals surface area contributed by atoms with Crippen LogP contribution in [-0.4, -0.2) is 0 Å². The molecule has 2 aromatic rings. The first-order valence-corrected chi connectivity index (χ1v) is 6.63. The highest BCUT2D eigenvalue weighted by atomic mass is 35.5. The molecule has 0 aliphatic carbocycles. The van der Waals surface area contributed by atoms with Gasteiger partial charge in [-0.15, -0.1) is 0 Å². The summed E-state index contributed by atoms with van der Waals surface area (Å²) in [6.45, 7) is 4.30. The molecule has 1 heterocycles. The van der Waals surface area contributed by atoms with Gasteiger partial charge in [0, 0.05) is 11.1 Å². The molecule has 0 aliphatic rings. The standard InChI is InChI=1S/C15H18ClNO/c1-3-14(15-5-4-10-18-15)17-11(2)12-6-8-13(16)9-7-12/h4-11,14,17H,3H2,1-2H3/t11-,14?/m0/s1. The van der Waals surface area contributed by atoms with Crippen LogP contribution in [-0.2, 0) is 0 Å². The fourth-order valence-corrected chi connectivity index (χ4v) is 2.17. The summed E-state index contributed by atoms with van der Waals surface area (Å²) in [4.78, 5) is 0. The molecule has 3 heteroatoms. The van der Waals surface area contributed by atoms with Gasteiger partial charge in [-0.05, 0) is 43.2 Å². The SMILES string of the molecule is CCC(N[C@@H](C)c1ccc(Cl)cc1)c1ccco1. The van der Waals surface area contributed by atoms with Crippen LogP contribution in [0.4, 0.5) is 0 Å². The minimum absolute atomic E-state index is 0.241. The van der Waals surface area contributed by atoms with Gasteiger partial charge in [-0.1, -0.05) is 30.7 Å². The first-order valence-electron chi connectivity index (χ1n) is 6.25. The van der Waals surface area contributed by atoms with Gasteiger partial charge in [0.1, 0.15) is 5.76 Å². The number of benzene rings is 1. The molecule has 96 valence electrons. The first kappa shape index (κ1) is 13.2. The molecule has 1 unspecified atom stereocenters. The Hall–Kier alpha value is -1.25. The Balaban J connectivity index is 2.05. The van der Waals surface area contributed by atoms with E-state index in [1.807, 2.05) is 24.3 Å². The van der Waals surface area contributed by atoms with E-state index in [0.29, 0.717) is 0 Å². The summed E-state index contributed by atoms with van der Waals surface area (Å²) in [6, 6.07) is 12.4. The van der Waals surface area contributed by atoms with Crippen molar-refractivity contribution in [3.8, 4) is 0 Å². The van der Waals surface area contributed by atoms with E-state index in [1.165, 1.54) is 5.56 Å². The van der Waals surface area contributed by atoms with Crippen molar-refractivity contribution in [2.45, 2.75) is 32.4 Å². The molecule has 0 radical (unpaired) electrons. The summed E-state index contributed by atoms with van der Waals surface area (Å²) in [5.74, 6) is 0.985. The quantitative estimate of drug-likeness (QED) is 0.843. The van der Waals surface area contributed by atoms with Crippen LogP contribution in [0.5, 0.6) is 0 Å². The van der Waals surface area contributed by atoms with E-state index in [0.717, 1.165) is 17.2 Å². The number of furan rings is 1. The number of hydrogen-bond donors (Lipinski definition) is 1. The Bertz CT molecular complexity index is 464. The molecule has 0 aliphatic heterocycles. The van der Waals surface area contributed by atoms with Crippen molar-refractivity contribution in [2.75, 3.05) is 0 Å². The summed E-state index contributed by atoms with van der Waals surface area (Å²) in [6.07, 6.45) is 2.71. The van der Waals surface area contributed by atoms with Crippen molar-refractivity contribution in [1.82, 2.24) is 5.32 Å². The van der Waals surface area contributed by atoms with Crippen LogP contribution in [0.15, 0.2) is 47.1 Å². The predicted molar refractivity (Wildman–Crippen MR) is 74.7 cm³/mol. The summed E-state index contributed by atoms with van der Waals surface area (Å²) >= 11 is 5.90. The van der Waals surface area contributed by atoms with E-state index in [4.69, 9.17) is 16.0 Å². The summed E-state index contributed by atoms with van der Waals surface area (Å²) in [5, 5.41) is 4.34. The molecule has 0 amide bonds. The fourth-order valence-electron chi connectivity index (χ4n) is 2.04. The van der Waals surface area contributed by atoms with Gasteiger partial charge in [0.05, 0.1) is 12.3 Å². The molecule has 1 N–H and O–H groups in total. The van der Waals surface area contributed by atoms with Crippen molar-refractivity contribution >= 4 is 11.6 Å². The van der Waals surface area contributed by atoms with Crippen LogP contribution in [0.2, 0.25) is 5.02 Å². The second-order valence-corrected chi connectivity index (χ2v) is 4.85. The molecule has 18 heavy (non-hydrogen) atoms. The van der Waals surface area contributed by atoms with Crippen LogP contribution in [0.1, 0.15) is 43.7 Å². The molecular formula is C15H18ClNO. The van der Waals surface area contributed by atoms with Gasteiger partial charge < -0.3 is 9.73 Å². The molecule has 0 spiro atoms. The molecule has 1 aromatic heterocycles. The van der Waals surface area contributed by atoms with Crippen LogP contribution in [0.25, 0.3) is 0 Å². The zero-order valence-corrected chi connectivity index (χ0v) is 11.4. The van der Waals surface area contributed by atoms with E-state index in [9.17, 15) is 0 Å². The third-order valence-corrected chi connectivity index (χ3v) is 3.37. The van der Waals surface area contributed by atoms with Gasteiger partial charge in [0.15, 0.2) is 0 Å². The monoisotopic (exact) mass is 263 g/mol. The molecule has 2 atom stereocenters. The van der Waals surface area contributed by atoms with Crippen LogP contribution in [0.3, 0.4) is 0 Å². The Morgan fingerprint density at radius 1 is 1.22 bits per heavy atom. The van der Waals surface area contributed by atoms with Gasteiger partial charge in [0.25, 0.3) is 0 Å². The lowest BCUT2D eigenvalue weighted by atomic mass is 10.1. The molecule has 0 saturated heterocycles. The van der Waals surface area contributed by atoms with Gasteiger partial charge >= 0.3 is 0 Å². The lowest BCUT2D eigenvalue weighted by Gasteiger charge is -2.21. The molecule has 0 bridgehead atoms. The Labute approximate surface area is 113 Å². The zero-order chi connectivity index (χ0) is 13.0. The van der Waals surface area contributed by atoms with Crippen molar-refractivity contribution < 1.29 is 4.42 Å². The normalized spacial score (nSPS) is 14.4. The lowest BCUT2D eigenvalue weighted by molar-refractivity contribution is 0.376. The van der Waals surface area contributed by atoms with E-state index >= 15 is 0 Å². The fraction of sp³-hybridized carbons (Fsp3) is 0.333. The van der Waals surface area contributed by atoms with E-state index in [-0.39, 0.29) is 12.1 Å². The van der Waals surface area contributed by atoms with Crippen molar-refractivity contribution in [1.29, 1.82) is 0 Å². The topological polar surface area (TPSA) is 25.2 Å². The molecule has 1 aromatic carbocycles. The first-order chi connectivity index (χ1) is 8.70. The summed E-state index contributed by atoms with van der Waals surface area (Å²) < 4.78 is 5.46. The highest BCUT2D eigenvalue weighted by Crippen LogP contribution is 2.23. The smallest absolute Gasteiger partial charge is 0.120 e. The molecular weight excluding hydrogens is 246 g/mol. The highest BCUT2D eigenvalue weighted by Gasteiger charge is 2.15. The van der Waals surface area contributed by atoms with Crippen LogP contribution in [0, 0.1) is 0 Å². The lowest BCUT2D eigenvalue weighted by Crippen LogP contribution is -2.23. The number of rotatable bonds is 5. The van der Waals surface area contributed by atoms with Gasteiger partial charge in [-0.3, -0.25) is 0 Å². The molecule has 0 saturated carbocycles. The predicted octanol–water partition coefficient (Wildman–Crippen LogP) is 4.73. The maximum absolute atomic E-state index is 5.90. The minimum Gasteiger partial charge on any atom is -0.468 e. The largest absolute Gasteiger partial charge is 0.468 e. The highest BCUT2D eigenvalue weighted by molar-refractivity contribution is 6.30. The third kappa shape index (κ3) is 3.15. The molecule has 0 fully saturated rings. The number of nitrogens with one attached hydrogen (secondary N) is 1. The average molecular weight is 264 g/mol. The Morgan fingerprint density at radius 3 is 2.50 bits per heavy atom. The Morgan fingerprint density at radius 2 is 1.94 bits per heavy atom. The van der Waals surface area contributed by atoms with Gasteiger partial charge in [0.2, 0.25) is 0 Å². The maximum atomic E-state index is 5.90. The maximum Gasteiger partial charge on any atom is 0.120 e. The second kappa shape index (κ2) is 6.07. The van der Waals surface area contributed by atoms with Crippen molar-refractivity contribution in [3.05, 3.63) is 59.0 Å². The number of hydrogen-bond acceptors (Lipinski definition) is 2. The van der Waals surface area contributed by atoms with Gasteiger partial charge in [-0.25, -0.2) is 0 Å². The third-order valence-electron chi connectivity index (χ3n) is 3.12. The van der Waals surface area contributed by atoms with Crippen molar-refractivity contribution in [3.63, 3.8) is 0 Å². The average Bonchev–Trinajstić information content (AvgIpc) is 2.90. The van der Waals surface area contributed by atoms with Gasteiger partial charge in [-0.2, -0.15) is 0 Å². The van der Waals surface area contributed by atoms with Crippen LogP contribution >= 0.6 is 11.6 Å². The Kier molecular flexibility index (Phi) is 4.45. The van der Waals surface area contributed by atoms with E-state index < -0.39 is 0 Å². The minimum atomic E-state index is 0.241. The van der Waals surface area contributed by atoms with Crippen LogP contribution < -0.4 is 5.32 Å². The second-order valence-electron chi connectivity index (χ2n) is 4.42. The summed E-state index contributed by atoms with van der Waals surface area (Å²) in [5.41, 5.74) is 1.23. The molecule has 2 rings (SSSR count). The summed E-state index contributed by atoms with van der Waals surface area (Å²) in [7, 11) is 0. The van der Waals surface area contributed by atoms with E-state index in [2.05, 4.69) is 31.3 Å². The number of halogens is 1.